The molecule has 2 aromatic rings. The van der Waals surface area contributed by atoms with E-state index in [4.69, 9.17) is 24.2 Å². The molecule has 1 aromatic heterocycles. The summed E-state index contributed by atoms with van der Waals surface area (Å²) in [6.07, 6.45) is -1.05. The summed E-state index contributed by atoms with van der Waals surface area (Å²) < 4.78 is 68.7. The molecule has 7 nitrogen and oxygen atoms in total. The van der Waals surface area contributed by atoms with Crippen LogP contribution in [-0.4, -0.2) is 70.5 Å². The fraction of sp³-hybridized carbons (Fsp3) is 0.538. The third kappa shape index (κ3) is 11.3. The molecule has 0 unspecified atom stereocenters. The van der Waals surface area contributed by atoms with Crippen LogP contribution in [0.4, 0.5) is 26.3 Å². The van der Waals surface area contributed by atoms with E-state index in [1.165, 1.54) is 68.6 Å². The van der Waals surface area contributed by atoms with E-state index in [0.717, 1.165) is 13.1 Å². The van der Waals surface area contributed by atoms with Gasteiger partial charge in [-0.05, 0) is 69.3 Å². The molecule has 0 atom stereocenters. The van der Waals surface area contributed by atoms with Crippen molar-refractivity contribution < 1.29 is 50.6 Å². The van der Waals surface area contributed by atoms with Gasteiger partial charge in [0.2, 0.25) is 0 Å². The van der Waals surface area contributed by atoms with Crippen LogP contribution in [0.25, 0.3) is 0 Å². The number of carbonyl (C=O) groups is 2. The van der Waals surface area contributed by atoms with Gasteiger partial charge in [0.05, 0.1) is 12.5 Å². The third-order valence-corrected chi connectivity index (χ3v) is 6.66. The van der Waals surface area contributed by atoms with Gasteiger partial charge < -0.3 is 14.6 Å². The molecule has 1 aromatic carbocycles. The van der Waals surface area contributed by atoms with Gasteiger partial charge >= 0.3 is 24.3 Å². The van der Waals surface area contributed by atoms with Crippen molar-refractivity contribution in [2.75, 3.05) is 26.2 Å². The number of halogens is 6. The van der Waals surface area contributed by atoms with Crippen LogP contribution in [0.3, 0.4) is 0 Å². The summed E-state index contributed by atoms with van der Waals surface area (Å²) in [4.78, 5) is 23.1. The van der Waals surface area contributed by atoms with Gasteiger partial charge in [0.25, 0.3) is 0 Å². The highest BCUT2D eigenvalue weighted by Crippen LogP contribution is 2.40. The number of carboxylic acids is 2. The lowest BCUT2D eigenvalue weighted by Gasteiger charge is -2.47. The van der Waals surface area contributed by atoms with E-state index in [1.807, 2.05) is 6.26 Å². The number of rotatable bonds is 4. The van der Waals surface area contributed by atoms with Crippen molar-refractivity contribution in [1.82, 2.24) is 9.80 Å². The zero-order valence-electron chi connectivity index (χ0n) is 21.4. The SMILES string of the molecule is Cc1ccc(CN2CCCC3(CCN(Cc4ccoc4)CC3)C2)cc1.O=C(O)C(F)(F)F.O=C(O)C(F)(F)F. The lowest BCUT2D eigenvalue weighted by molar-refractivity contribution is -0.193. The van der Waals surface area contributed by atoms with Gasteiger partial charge in [0, 0.05) is 25.2 Å². The van der Waals surface area contributed by atoms with Crippen LogP contribution in [0.1, 0.15) is 42.4 Å². The van der Waals surface area contributed by atoms with E-state index in [9.17, 15) is 26.3 Å². The van der Waals surface area contributed by atoms with Crippen molar-refractivity contribution in [3.8, 4) is 0 Å². The van der Waals surface area contributed by atoms with E-state index >= 15 is 0 Å². The molecule has 0 radical (unpaired) electrons. The lowest BCUT2D eigenvalue weighted by atomic mass is 9.72. The Morgan fingerprint density at radius 2 is 1.33 bits per heavy atom. The number of carboxylic acid groups (broad SMARTS) is 2. The van der Waals surface area contributed by atoms with Crippen LogP contribution < -0.4 is 0 Å². The molecule has 0 bridgehead atoms. The minimum Gasteiger partial charge on any atom is -0.475 e. The fourth-order valence-corrected chi connectivity index (χ4v) is 4.63. The zero-order chi connectivity index (χ0) is 29.3. The van der Waals surface area contributed by atoms with Crippen molar-refractivity contribution in [1.29, 1.82) is 0 Å². The summed E-state index contributed by atoms with van der Waals surface area (Å²) in [5.41, 5.74) is 4.67. The monoisotopic (exact) mass is 566 g/mol. The van der Waals surface area contributed by atoms with Gasteiger partial charge in [-0.3, -0.25) is 9.80 Å². The molecule has 4 rings (SSSR count). The number of benzene rings is 1. The number of hydrogen-bond donors (Lipinski definition) is 2. The molecule has 2 aliphatic heterocycles. The minimum absolute atomic E-state index is 0.551. The van der Waals surface area contributed by atoms with E-state index in [0.29, 0.717) is 5.41 Å². The van der Waals surface area contributed by atoms with Gasteiger partial charge in [0.1, 0.15) is 0 Å². The maximum atomic E-state index is 10.6. The number of piperidine rings is 2. The topological polar surface area (TPSA) is 94.2 Å². The molecule has 0 amide bonds. The Kier molecular flexibility index (Phi) is 11.4. The first-order chi connectivity index (χ1) is 18.1. The van der Waals surface area contributed by atoms with Gasteiger partial charge in [0.15, 0.2) is 0 Å². The second-order valence-corrected chi connectivity index (χ2v) is 9.81. The van der Waals surface area contributed by atoms with Crippen LogP contribution in [0.2, 0.25) is 0 Å². The predicted molar refractivity (Wildman–Crippen MR) is 129 cm³/mol. The second-order valence-electron chi connectivity index (χ2n) is 9.81. The number of likely N-dealkylation sites (tertiary alicyclic amines) is 2. The summed E-state index contributed by atoms with van der Waals surface area (Å²) >= 11 is 0. The Balaban J connectivity index is 0.000000317. The van der Waals surface area contributed by atoms with Crippen LogP contribution in [0.15, 0.2) is 47.3 Å². The first kappa shape index (κ1) is 32.2. The van der Waals surface area contributed by atoms with Crippen LogP contribution in [-0.2, 0) is 22.7 Å². The number of aliphatic carboxylic acids is 2. The van der Waals surface area contributed by atoms with Crippen LogP contribution in [0, 0.1) is 12.3 Å². The number of alkyl halides is 6. The maximum absolute atomic E-state index is 10.6. The van der Waals surface area contributed by atoms with Crippen LogP contribution in [0.5, 0.6) is 0 Å². The van der Waals surface area contributed by atoms with Crippen LogP contribution >= 0.6 is 0 Å². The predicted octanol–water partition coefficient (Wildman–Crippen LogP) is 5.73. The normalized spacial score (nSPS) is 17.9. The summed E-state index contributed by atoms with van der Waals surface area (Å²) in [6.45, 7) is 9.30. The van der Waals surface area contributed by atoms with Gasteiger partial charge in [-0.1, -0.05) is 29.8 Å². The molecular formula is C26H32F6N2O5. The average Bonchev–Trinajstić information content (AvgIpc) is 3.35. The highest BCUT2D eigenvalue weighted by atomic mass is 19.4. The first-order valence-electron chi connectivity index (χ1n) is 12.2. The Labute approximate surface area is 222 Å². The molecule has 0 aliphatic carbocycles. The largest absolute Gasteiger partial charge is 0.490 e. The standard InChI is InChI=1S/C22H30N2O.2C2HF3O2/c1-19-3-5-20(6-4-19)15-24-11-2-8-22(18-24)9-12-23(13-10-22)16-21-7-14-25-17-21;2*3-2(4,5)1(6)7/h3-7,14,17H,2,8-13,15-16,18H2,1H3;2*(H,6,7). The molecule has 2 aliphatic rings. The molecule has 13 heteroatoms. The van der Waals surface area contributed by atoms with E-state index in [2.05, 4.69) is 47.1 Å². The van der Waals surface area contributed by atoms with Crippen molar-refractivity contribution in [3.05, 3.63) is 59.5 Å². The molecule has 2 fully saturated rings. The summed E-state index contributed by atoms with van der Waals surface area (Å²) in [5, 5.41) is 14.2. The Morgan fingerprint density at radius 1 is 0.821 bits per heavy atom. The quantitative estimate of drug-likeness (QED) is 0.457. The number of nitrogens with zero attached hydrogens (tertiary/aromatic N) is 2. The smallest absolute Gasteiger partial charge is 0.475 e. The molecule has 218 valence electrons. The Bertz CT molecular complexity index is 1010. The number of hydrogen-bond acceptors (Lipinski definition) is 5. The van der Waals surface area contributed by atoms with Crippen molar-refractivity contribution in [2.24, 2.45) is 5.41 Å². The highest BCUT2D eigenvalue weighted by Gasteiger charge is 2.39. The lowest BCUT2D eigenvalue weighted by Crippen LogP contribution is -2.49. The van der Waals surface area contributed by atoms with E-state index < -0.39 is 24.3 Å². The van der Waals surface area contributed by atoms with Gasteiger partial charge in [-0.25, -0.2) is 9.59 Å². The average molecular weight is 567 g/mol. The minimum atomic E-state index is -5.08. The summed E-state index contributed by atoms with van der Waals surface area (Å²) in [7, 11) is 0. The molecule has 2 N–H and O–H groups in total. The van der Waals surface area contributed by atoms with E-state index in [1.54, 1.807) is 6.26 Å². The van der Waals surface area contributed by atoms with E-state index in [-0.39, 0.29) is 0 Å². The third-order valence-electron chi connectivity index (χ3n) is 6.66. The van der Waals surface area contributed by atoms with Crippen molar-refractivity contribution in [3.63, 3.8) is 0 Å². The van der Waals surface area contributed by atoms with Crippen molar-refractivity contribution in [2.45, 2.75) is 58.0 Å². The number of aryl methyl sites for hydroxylation is 1. The van der Waals surface area contributed by atoms with Gasteiger partial charge in [-0.15, -0.1) is 0 Å². The molecule has 2 saturated heterocycles. The van der Waals surface area contributed by atoms with Crippen molar-refractivity contribution >= 4 is 11.9 Å². The summed E-state index contributed by atoms with van der Waals surface area (Å²) in [5.74, 6) is -5.51. The molecule has 39 heavy (non-hydrogen) atoms. The second kappa shape index (κ2) is 13.8. The first-order valence-corrected chi connectivity index (χ1v) is 12.2. The van der Waals surface area contributed by atoms with Gasteiger partial charge in [-0.2, -0.15) is 26.3 Å². The number of furan rings is 1. The Morgan fingerprint density at radius 3 is 1.79 bits per heavy atom. The zero-order valence-corrected chi connectivity index (χ0v) is 21.4. The molecule has 1 spiro atoms. The summed E-state index contributed by atoms with van der Waals surface area (Å²) in [6, 6.07) is 11.2. The highest BCUT2D eigenvalue weighted by molar-refractivity contribution is 5.73. The maximum Gasteiger partial charge on any atom is 0.490 e. The molecule has 3 heterocycles. The molecule has 0 saturated carbocycles. The Hall–Kier alpha value is -3.06. The molecular weight excluding hydrogens is 534 g/mol. The fourth-order valence-electron chi connectivity index (χ4n) is 4.63.